The summed E-state index contributed by atoms with van der Waals surface area (Å²) in [4.78, 5) is 19.5. The maximum absolute atomic E-state index is 10.7. The Morgan fingerprint density at radius 1 is 1.38 bits per heavy atom. The van der Waals surface area contributed by atoms with Gasteiger partial charge in [0.15, 0.2) is 0 Å². The normalized spacial score (nSPS) is 24.3. The number of carbonyl (C=O) groups is 1. The van der Waals surface area contributed by atoms with Crippen molar-refractivity contribution in [1.29, 1.82) is 0 Å². The quantitative estimate of drug-likeness (QED) is 0.846. The zero-order valence-electron chi connectivity index (χ0n) is 13.6. The number of fused-ring (bicyclic) bond motifs is 1. The van der Waals surface area contributed by atoms with Crippen molar-refractivity contribution >= 4 is 23.4 Å². The summed E-state index contributed by atoms with van der Waals surface area (Å²) < 4.78 is 11.1. The minimum absolute atomic E-state index is 0.0522. The average molecular weight is 327 g/mol. The highest BCUT2D eigenvalue weighted by atomic mass is 16.5. The number of ether oxygens (including phenoxy) is 2. The van der Waals surface area contributed by atoms with Crippen LogP contribution in [0.1, 0.15) is 24.8 Å². The van der Waals surface area contributed by atoms with Crippen molar-refractivity contribution in [2.24, 2.45) is 5.73 Å². The zero-order chi connectivity index (χ0) is 16.9. The monoisotopic (exact) mass is 327 g/mol. The lowest BCUT2D eigenvalue weighted by Gasteiger charge is -2.32. The zero-order valence-corrected chi connectivity index (χ0v) is 13.6. The molecule has 126 valence electrons. The van der Waals surface area contributed by atoms with Gasteiger partial charge in [-0.15, -0.1) is 0 Å². The van der Waals surface area contributed by atoms with Gasteiger partial charge in [0.2, 0.25) is 5.88 Å². The van der Waals surface area contributed by atoms with Crippen LogP contribution in [0.3, 0.4) is 0 Å². The molecule has 6 nitrogen and oxygen atoms in total. The Hall–Kier alpha value is -2.31. The molecule has 0 aliphatic carbocycles. The van der Waals surface area contributed by atoms with Crippen molar-refractivity contribution < 1.29 is 14.3 Å². The van der Waals surface area contributed by atoms with E-state index in [9.17, 15) is 4.79 Å². The standard InChI is InChI=1S/C18H21N3O3/c1-23-17-7-6-15-18(21-17)12(8-10-20-15)2-3-13-4-5-14(19)16(24-13)9-11-22/h2-3,6-8,10-11,13-14,16H,4-5,9,19H2,1H3. The maximum atomic E-state index is 10.7. The topological polar surface area (TPSA) is 87.3 Å². The molecule has 0 radical (unpaired) electrons. The minimum Gasteiger partial charge on any atom is -0.481 e. The fraction of sp³-hybridized carbons (Fsp3) is 0.389. The number of nitrogens with two attached hydrogens (primary N) is 1. The Kier molecular flexibility index (Phi) is 5.17. The maximum Gasteiger partial charge on any atom is 0.213 e. The molecule has 3 unspecified atom stereocenters. The van der Waals surface area contributed by atoms with Crippen molar-refractivity contribution in [3.63, 3.8) is 0 Å². The highest BCUT2D eigenvalue weighted by Crippen LogP contribution is 2.23. The third kappa shape index (κ3) is 3.60. The molecule has 0 amide bonds. The second-order valence-electron chi connectivity index (χ2n) is 5.84. The van der Waals surface area contributed by atoms with E-state index in [2.05, 4.69) is 9.97 Å². The number of nitrogens with zero attached hydrogens (tertiary/aromatic N) is 2. The van der Waals surface area contributed by atoms with Gasteiger partial charge < -0.3 is 20.0 Å². The van der Waals surface area contributed by atoms with Gasteiger partial charge in [-0.25, -0.2) is 4.98 Å². The Bertz CT molecular complexity index is 747. The second kappa shape index (κ2) is 7.51. The van der Waals surface area contributed by atoms with Crippen LogP contribution in [0, 0.1) is 0 Å². The Labute approximate surface area is 140 Å². The van der Waals surface area contributed by atoms with Crippen LogP contribution in [-0.2, 0) is 9.53 Å². The summed E-state index contributed by atoms with van der Waals surface area (Å²) in [5.74, 6) is 0.552. The molecule has 24 heavy (non-hydrogen) atoms. The molecule has 1 aliphatic rings. The van der Waals surface area contributed by atoms with Gasteiger partial charge in [0.05, 0.1) is 30.4 Å². The van der Waals surface area contributed by atoms with E-state index in [1.807, 2.05) is 24.3 Å². The molecule has 0 bridgehead atoms. The number of aldehydes is 1. The van der Waals surface area contributed by atoms with Crippen LogP contribution < -0.4 is 10.5 Å². The molecule has 2 N–H and O–H groups in total. The molecule has 3 heterocycles. The van der Waals surface area contributed by atoms with Crippen LogP contribution in [0.4, 0.5) is 0 Å². The highest BCUT2D eigenvalue weighted by molar-refractivity contribution is 5.84. The van der Waals surface area contributed by atoms with E-state index in [1.54, 1.807) is 19.4 Å². The van der Waals surface area contributed by atoms with Crippen molar-refractivity contribution in [3.8, 4) is 5.88 Å². The number of carbonyl (C=O) groups excluding carboxylic acids is 1. The van der Waals surface area contributed by atoms with Crippen LogP contribution in [0.5, 0.6) is 5.88 Å². The second-order valence-corrected chi connectivity index (χ2v) is 5.84. The summed E-state index contributed by atoms with van der Waals surface area (Å²) in [6, 6.07) is 5.50. The van der Waals surface area contributed by atoms with E-state index in [0.717, 1.165) is 35.7 Å². The van der Waals surface area contributed by atoms with Crippen molar-refractivity contribution in [2.45, 2.75) is 37.5 Å². The van der Waals surface area contributed by atoms with Crippen molar-refractivity contribution in [2.75, 3.05) is 7.11 Å². The number of rotatable bonds is 5. The molecule has 2 aromatic heterocycles. The first-order valence-corrected chi connectivity index (χ1v) is 8.04. The lowest BCUT2D eigenvalue weighted by atomic mass is 9.97. The molecular weight excluding hydrogens is 306 g/mol. The van der Waals surface area contributed by atoms with Crippen LogP contribution >= 0.6 is 0 Å². The Morgan fingerprint density at radius 3 is 3.04 bits per heavy atom. The summed E-state index contributed by atoms with van der Waals surface area (Å²) in [5, 5.41) is 0. The molecule has 3 atom stereocenters. The van der Waals surface area contributed by atoms with Crippen molar-refractivity contribution in [1.82, 2.24) is 9.97 Å². The highest BCUT2D eigenvalue weighted by Gasteiger charge is 2.27. The number of hydrogen-bond acceptors (Lipinski definition) is 6. The largest absolute Gasteiger partial charge is 0.481 e. The predicted molar refractivity (Wildman–Crippen MR) is 91.7 cm³/mol. The van der Waals surface area contributed by atoms with Crippen molar-refractivity contribution in [3.05, 3.63) is 36.0 Å². The number of pyridine rings is 2. The molecule has 2 aromatic rings. The first kappa shape index (κ1) is 16.5. The van der Waals surface area contributed by atoms with E-state index in [1.165, 1.54) is 0 Å². The van der Waals surface area contributed by atoms with E-state index < -0.39 is 0 Å². The smallest absolute Gasteiger partial charge is 0.213 e. The van der Waals surface area contributed by atoms with Gasteiger partial charge in [0.25, 0.3) is 0 Å². The SMILES string of the molecule is COc1ccc2nccc(C=CC3CCC(N)C(CC=O)O3)c2n1. The molecule has 1 aliphatic heterocycles. The lowest BCUT2D eigenvalue weighted by Crippen LogP contribution is -2.43. The van der Waals surface area contributed by atoms with E-state index in [-0.39, 0.29) is 18.2 Å². The lowest BCUT2D eigenvalue weighted by molar-refractivity contribution is -0.113. The van der Waals surface area contributed by atoms with Gasteiger partial charge in [-0.05, 0) is 25.0 Å². The molecule has 0 saturated carbocycles. The van der Waals surface area contributed by atoms with Crippen LogP contribution in [0.15, 0.2) is 30.5 Å². The fourth-order valence-corrected chi connectivity index (χ4v) is 2.89. The van der Waals surface area contributed by atoms with E-state index in [4.69, 9.17) is 15.2 Å². The number of methoxy groups -OCH3 is 1. The summed E-state index contributed by atoms with van der Waals surface area (Å²) in [7, 11) is 1.59. The van der Waals surface area contributed by atoms with E-state index >= 15 is 0 Å². The fourth-order valence-electron chi connectivity index (χ4n) is 2.89. The molecule has 0 spiro atoms. The van der Waals surface area contributed by atoms with Crippen LogP contribution in [0.2, 0.25) is 0 Å². The van der Waals surface area contributed by atoms with Gasteiger partial charge in [-0.2, -0.15) is 0 Å². The van der Waals surface area contributed by atoms with Gasteiger partial charge in [0.1, 0.15) is 6.29 Å². The number of hydrogen-bond donors (Lipinski definition) is 1. The van der Waals surface area contributed by atoms with Crippen LogP contribution in [0.25, 0.3) is 17.1 Å². The third-order valence-corrected chi connectivity index (χ3v) is 4.23. The molecule has 0 aromatic carbocycles. The molecule has 3 rings (SSSR count). The van der Waals surface area contributed by atoms with Gasteiger partial charge >= 0.3 is 0 Å². The molecule has 6 heteroatoms. The van der Waals surface area contributed by atoms with Crippen LogP contribution in [-0.4, -0.2) is 41.6 Å². The molecule has 1 fully saturated rings. The Morgan fingerprint density at radius 2 is 2.25 bits per heavy atom. The Balaban J connectivity index is 1.81. The summed E-state index contributed by atoms with van der Waals surface area (Å²) in [6.45, 7) is 0. The van der Waals surface area contributed by atoms with Gasteiger partial charge in [-0.1, -0.05) is 12.2 Å². The van der Waals surface area contributed by atoms with Gasteiger partial charge in [-0.3, -0.25) is 4.98 Å². The summed E-state index contributed by atoms with van der Waals surface area (Å²) >= 11 is 0. The number of aromatic nitrogens is 2. The molecular formula is C18H21N3O3. The first-order chi connectivity index (χ1) is 11.7. The average Bonchev–Trinajstić information content (AvgIpc) is 2.62. The summed E-state index contributed by atoms with van der Waals surface area (Å²) in [5.41, 5.74) is 8.54. The van der Waals surface area contributed by atoms with Gasteiger partial charge in [0, 0.05) is 30.3 Å². The predicted octanol–water partition coefficient (Wildman–Crippen LogP) is 2.12. The summed E-state index contributed by atoms with van der Waals surface area (Å²) in [6.07, 6.45) is 8.36. The molecule has 1 saturated heterocycles. The third-order valence-electron chi connectivity index (χ3n) is 4.23. The first-order valence-electron chi connectivity index (χ1n) is 8.04. The minimum atomic E-state index is -0.210. The van der Waals surface area contributed by atoms with E-state index in [0.29, 0.717) is 12.3 Å².